The SMILES string of the molecule is C[C@H]1CCC(C(=O)O)N1. The molecule has 52 valence electrons. The summed E-state index contributed by atoms with van der Waals surface area (Å²) in [6.45, 7) is 2.00. The third-order valence-electron chi connectivity index (χ3n) is 1.67. The van der Waals surface area contributed by atoms with Gasteiger partial charge in [-0.3, -0.25) is 4.79 Å². The Hall–Kier alpha value is -0.570. The number of nitrogens with one attached hydrogen (secondary N) is 1. The van der Waals surface area contributed by atoms with Gasteiger partial charge in [-0.05, 0) is 19.8 Å². The second kappa shape index (κ2) is 2.35. The zero-order valence-electron chi connectivity index (χ0n) is 5.42. The van der Waals surface area contributed by atoms with Gasteiger partial charge in [0.15, 0.2) is 0 Å². The van der Waals surface area contributed by atoms with E-state index in [2.05, 4.69) is 5.32 Å². The minimum atomic E-state index is -0.723. The first-order valence-electron chi connectivity index (χ1n) is 3.19. The van der Waals surface area contributed by atoms with E-state index in [9.17, 15) is 4.79 Å². The van der Waals surface area contributed by atoms with Gasteiger partial charge in [-0.1, -0.05) is 0 Å². The van der Waals surface area contributed by atoms with Gasteiger partial charge in [0.25, 0.3) is 0 Å². The first-order valence-corrected chi connectivity index (χ1v) is 3.19. The number of rotatable bonds is 1. The van der Waals surface area contributed by atoms with Crippen LogP contribution in [0.1, 0.15) is 19.8 Å². The van der Waals surface area contributed by atoms with Gasteiger partial charge in [-0.2, -0.15) is 0 Å². The van der Waals surface area contributed by atoms with Crippen LogP contribution in [0.2, 0.25) is 0 Å². The maximum atomic E-state index is 10.3. The molecule has 1 aliphatic heterocycles. The summed E-state index contributed by atoms with van der Waals surface area (Å²) in [4.78, 5) is 10.3. The first kappa shape index (κ1) is 6.55. The number of hydrogen-bond acceptors (Lipinski definition) is 2. The van der Waals surface area contributed by atoms with E-state index >= 15 is 0 Å². The molecule has 1 saturated heterocycles. The molecule has 0 amide bonds. The van der Waals surface area contributed by atoms with E-state index < -0.39 is 5.97 Å². The van der Waals surface area contributed by atoms with Gasteiger partial charge >= 0.3 is 5.97 Å². The summed E-state index contributed by atoms with van der Waals surface area (Å²) in [6.07, 6.45) is 1.76. The van der Waals surface area contributed by atoms with Crippen molar-refractivity contribution in [3.63, 3.8) is 0 Å². The topological polar surface area (TPSA) is 49.3 Å². The van der Waals surface area contributed by atoms with E-state index in [4.69, 9.17) is 5.11 Å². The molecule has 1 heterocycles. The average molecular weight is 129 g/mol. The van der Waals surface area contributed by atoms with Crippen molar-refractivity contribution in [2.45, 2.75) is 31.8 Å². The maximum Gasteiger partial charge on any atom is 0.320 e. The second-order valence-electron chi connectivity index (χ2n) is 2.54. The van der Waals surface area contributed by atoms with Crippen LogP contribution in [0.25, 0.3) is 0 Å². The van der Waals surface area contributed by atoms with Crippen LogP contribution in [0, 0.1) is 0 Å². The van der Waals surface area contributed by atoms with E-state index in [0.29, 0.717) is 6.04 Å². The summed E-state index contributed by atoms with van der Waals surface area (Å²) >= 11 is 0. The van der Waals surface area contributed by atoms with Crippen LogP contribution in [0.15, 0.2) is 0 Å². The molecule has 2 atom stereocenters. The average Bonchev–Trinajstić information content (AvgIpc) is 2.14. The van der Waals surface area contributed by atoms with Crippen LogP contribution < -0.4 is 5.32 Å². The van der Waals surface area contributed by atoms with Crippen molar-refractivity contribution in [3.05, 3.63) is 0 Å². The molecular formula is C6H11NO2. The lowest BCUT2D eigenvalue weighted by Gasteiger charge is -2.03. The van der Waals surface area contributed by atoms with Gasteiger partial charge < -0.3 is 10.4 Å². The molecule has 0 radical (unpaired) electrons. The highest BCUT2D eigenvalue weighted by Gasteiger charge is 2.25. The maximum absolute atomic E-state index is 10.3. The predicted octanol–water partition coefficient (Wildman–Crippen LogP) is 0.212. The summed E-state index contributed by atoms with van der Waals surface area (Å²) in [5, 5.41) is 11.4. The smallest absolute Gasteiger partial charge is 0.320 e. The Balaban J connectivity index is 2.39. The Morgan fingerprint density at radius 1 is 1.67 bits per heavy atom. The van der Waals surface area contributed by atoms with Crippen molar-refractivity contribution in [3.8, 4) is 0 Å². The molecule has 1 unspecified atom stereocenters. The molecule has 3 heteroatoms. The Bertz CT molecular complexity index is 124. The zero-order valence-corrected chi connectivity index (χ0v) is 5.42. The molecule has 0 bridgehead atoms. The van der Waals surface area contributed by atoms with E-state index in [1.54, 1.807) is 0 Å². The van der Waals surface area contributed by atoms with Gasteiger partial charge in [0, 0.05) is 6.04 Å². The lowest BCUT2D eigenvalue weighted by atomic mass is 10.2. The zero-order chi connectivity index (χ0) is 6.85. The molecule has 1 aliphatic rings. The second-order valence-corrected chi connectivity index (χ2v) is 2.54. The molecule has 0 spiro atoms. The highest BCUT2D eigenvalue weighted by molar-refractivity contribution is 5.73. The largest absolute Gasteiger partial charge is 0.480 e. The molecule has 9 heavy (non-hydrogen) atoms. The molecule has 0 aliphatic carbocycles. The monoisotopic (exact) mass is 129 g/mol. The molecule has 1 fully saturated rings. The summed E-state index contributed by atoms with van der Waals surface area (Å²) in [5.74, 6) is -0.723. The van der Waals surface area contributed by atoms with Gasteiger partial charge in [0.2, 0.25) is 0 Å². The Labute approximate surface area is 54.1 Å². The lowest BCUT2D eigenvalue weighted by molar-refractivity contribution is -0.139. The van der Waals surface area contributed by atoms with Crippen molar-refractivity contribution in [2.75, 3.05) is 0 Å². The van der Waals surface area contributed by atoms with Crippen molar-refractivity contribution < 1.29 is 9.90 Å². The van der Waals surface area contributed by atoms with Crippen LogP contribution >= 0.6 is 0 Å². The van der Waals surface area contributed by atoms with Crippen LogP contribution in [0.3, 0.4) is 0 Å². The predicted molar refractivity (Wildman–Crippen MR) is 33.3 cm³/mol. The third-order valence-corrected chi connectivity index (χ3v) is 1.67. The fraction of sp³-hybridized carbons (Fsp3) is 0.833. The minimum Gasteiger partial charge on any atom is -0.480 e. The molecular weight excluding hydrogens is 118 g/mol. The Morgan fingerprint density at radius 3 is 2.56 bits per heavy atom. The Kier molecular flexibility index (Phi) is 1.71. The molecule has 1 rings (SSSR count). The number of hydrogen-bond donors (Lipinski definition) is 2. The number of aliphatic carboxylic acids is 1. The fourth-order valence-electron chi connectivity index (χ4n) is 1.12. The van der Waals surface area contributed by atoms with Crippen molar-refractivity contribution >= 4 is 5.97 Å². The van der Waals surface area contributed by atoms with Crippen LogP contribution in [0.4, 0.5) is 0 Å². The van der Waals surface area contributed by atoms with Crippen LogP contribution in [-0.4, -0.2) is 23.2 Å². The van der Waals surface area contributed by atoms with Gasteiger partial charge in [0.1, 0.15) is 6.04 Å². The van der Waals surface area contributed by atoms with Crippen molar-refractivity contribution in [1.29, 1.82) is 0 Å². The molecule has 0 saturated carbocycles. The Morgan fingerprint density at radius 2 is 2.33 bits per heavy atom. The van der Waals surface area contributed by atoms with E-state index in [1.807, 2.05) is 6.92 Å². The van der Waals surface area contributed by atoms with Crippen molar-refractivity contribution in [2.24, 2.45) is 0 Å². The highest BCUT2D eigenvalue weighted by atomic mass is 16.4. The minimum absolute atomic E-state index is 0.292. The molecule has 0 aromatic heterocycles. The third kappa shape index (κ3) is 1.42. The normalized spacial score (nSPS) is 34.8. The standard InChI is InChI=1S/C6H11NO2/c1-4-2-3-5(7-4)6(8)9/h4-5,7H,2-3H2,1H3,(H,8,9)/t4-,5?/m0/s1. The molecule has 0 aromatic carbocycles. The van der Waals surface area contributed by atoms with E-state index in [0.717, 1.165) is 12.8 Å². The fourth-order valence-corrected chi connectivity index (χ4v) is 1.12. The summed E-state index contributed by atoms with van der Waals surface area (Å²) in [6, 6.07) is 0.0890. The van der Waals surface area contributed by atoms with Gasteiger partial charge in [-0.15, -0.1) is 0 Å². The quantitative estimate of drug-likeness (QED) is 0.532. The van der Waals surface area contributed by atoms with E-state index in [1.165, 1.54) is 0 Å². The van der Waals surface area contributed by atoms with Crippen LogP contribution in [0.5, 0.6) is 0 Å². The number of carboxylic acid groups (broad SMARTS) is 1. The summed E-state index contributed by atoms with van der Waals surface area (Å²) in [7, 11) is 0. The number of carbonyl (C=O) groups is 1. The van der Waals surface area contributed by atoms with Gasteiger partial charge in [0.05, 0.1) is 0 Å². The molecule has 0 aromatic rings. The van der Waals surface area contributed by atoms with Gasteiger partial charge in [-0.25, -0.2) is 0 Å². The molecule has 3 nitrogen and oxygen atoms in total. The number of carboxylic acids is 1. The van der Waals surface area contributed by atoms with Crippen LogP contribution in [-0.2, 0) is 4.79 Å². The van der Waals surface area contributed by atoms with E-state index in [-0.39, 0.29) is 6.04 Å². The lowest BCUT2D eigenvalue weighted by Crippen LogP contribution is -2.33. The first-order chi connectivity index (χ1) is 4.20. The highest BCUT2D eigenvalue weighted by Crippen LogP contribution is 2.10. The van der Waals surface area contributed by atoms with Crippen molar-refractivity contribution in [1.82, 2.24) is 5.32 Å². The summed E-state index contributed by atoms with van der Waals surface area (Å²) in [5.41, 5.74) is 0. The molecule has 2 N–H and O–H groups in total. The summed E-state index contributed by atoms with van der Waals surface area (Å²) < 4.78 is 0.